The Morgan fingerprint density at radius 3 is 1.57 bits per heavy atom. The van der Waals surface area contributed by atoms with Crippen molar-refractivity contribution in [1.82, 2.24) is 4.90 Å². The zero-order valence-electron chi connectivity index (χ0n) is 23.1. The Kier molecular flexibility index (Phi) is 11.9. The van der Waals surface area contributed by atoms with Crippen LogP contribution in [0.2, 0.25) is 0 Å². The van der Waals surface area contributed by atoms with Crippen LogP contribution >= 0.6 is 12.2 Å². The highest BCUT2D eigenvalue weighted by Crippen LogP contribution is 2.31. The summed E-state index contributed by atoms with van der Waals surface area (Å²) in [4.78, 5) is 1.92. The largest absolute Gasteiger partial charge is 0.468 e. The molecule has 1 aliphatic rings. The molecule has 1 saturated heterocycles. The van der Waals surface area contributed by atoms with Gasteiger partial charge in [0.15, 0.2) is 0 Å². The van der Waals surface area contributed by atoms with Crippen LogP contribution in [-0.2, 0) is 43.5 Å². The van der Waals surface area contributed by atoms with E-state index in [1.807, 2.05) is 110 Å². The number of rotatable bonds is 13. The van der Waals surface area contributed by atoms with E-state index in [1.54, 1.807) is 0 Å². The van der Waals surface area contributed by atoms with Gasteiger partial charge in [0.25, 0.3) is 5.17 Å². The van der Waals surface area contributed by atoms with Crippen molar-refractivity contribution in [2.24, 2.45) is 0 Å². The summed E-state index contributed by atoms with van der Waals surface area (Å²) in [5.74, 6) is 0. The molecule has 1 aliphatic heterocycles. The summed E-state index contributed by atoms with van der Waals surface area (Å²) < 4.78 is 46.5. The maximum atomic E-state index is 15.7. The van der Waals surface area contributed by atoms with Crippen molar-refractivity contribution in [1.29, 1.82) is 0 Å². The predicted octanol–water partition coefficient (Wildman–Crippen LogP) is 6.08. The zero-order chi connectivity index (χ0) is 28.2. The molecule has 0 bridgehead atoms. The van der Waals surface area contributed by atoms with E-state index < -0.39 is 30.8 Å². The molecular weight excluding hydrogens is 529 g/mol. The number of benzene rings is 3. The lowest BCUT2D eigenvalue weighted by atomic mass is 9.98. The third-order valence-corrected chi connectivity index (χ3v) is 7.20. The van der Waals surface area contributed by atoms with Gasteiger partial charge in [-0.15, -0.1) is 0 Å². The number of alkyl halides is 1. The molecule has 0 aliphatic carbocycles. The quantitative estimate of drug-likeness (QED) is 0.232. The van der Waals surface area contributed by atoms with Gasteiger partial charge in [-0.25, -0.2) is 4.39 Å². The molecule has 0 amide bonds. The van der Waals surface area contributed by atoms with Gasteiger partial charge in [0.05, 0.1) is 19.8 Å². The Morgan fingerprint density at radius 1 is 0.700 bits per heavy atom. The molecular formula is C32H38FNO5S. The minimum Gasteiger partial charge on any atom is -0.468 e. The van der Waals surface area contributed by atoms with Crippen molar-refractivity contribution in [2.45, 2.75) is 64.4 Å². The lowest BCUT2D eigenvalue weighted by Crippen LogP contribution is -2.60. The second-order valence-corrected chi connectivity index (χ2v) is 9.91. The minimum atomic E-state index is -1.75. The summed E-state index contributed by atoms with van der Waals surface area (Å²) in [5, 5.41) is 0.343. The van der Waals surface area contributed by atoms with Crippen molar-refractivity contribution in [3.8, 4) is 0 Å². The van der Waals surface area contributed by atoms with Gasteiger partial charge in [0.1, 0.15) is 31.0 Å². The lowest BCUT2D eigenvalue weighted by Gasteiger charge is -2.43. The fraction of sp³-hybridized carbons (Fsp3) is 0.406. The molecule has 3 aromatic carbocycles. The molecule has 40 heavy (non-hydrogen) atoms. The number of ether oxygens (including phenoxy) is 5. The maximum absolute atomic E-state index is 15.7. The lowest BCUT2D eigenvalue weighted by molar-refractivity contribution is -0.296. The highest BCUT2D eigenvalue weighted by Gasteiger charge is 2.49. The van der Waals surface area contributed by atoms with E-state index in [0.29, 0.717) is 24.9 Å². The topological polar surface area (TPSA) is 49.4 Å². The first-order valence-electron chi connectivity index (χ1n) is 13.8. The van der Waals surface area contributed by atoms with E-state index in [-0.39, 0.29) is 19.8 Å². The van der Waals surface area contributed by atoms with E-state index in [4.69, 9.17) is 35.9 Å². The first-order chi connectivity index (χ1) is 19.6. The fourth-order valence-corrected chi connectivity index (χ4v) is 4.92. The van der Waals surface area contributed by atoms with Crippen LogP contribution in [0.3, 0.4) is 0 Å². The maximum Gasteiger partial charge on any atom is 0.259 e. The Bertz CT molecular complexity index is 1140. The van der Waals surface area contributed by atoms with Gasteiger partial charge in [0.2, 0.25) is 6.36 Å². The van der Waals surface area contributed by atoms with Crippen molar-refractivity contribution in [2.75, 3.05) is 19.7 Å². The monoisotopic (exact) mass is 567 g/mol. The van der Waals surface area contributed by atoms with Crippen molar-refractivity contribution < 1.29 is 28.1 Å². The summed E-state index contributed by atoms with van der Waals surface area (Å²) >= 11 is 5.47. The molecule has 4 rings (SSSR count). The van der Waals surface area contributed by atoms with Gasteiger partial charge in [-0.05, 0) is 42.8 Å². The predicted molar refractivity (Wildman–Crippen MR) is 156 cm³/mol. The van der Waals surface area contributed by atoms with Gasteiger partial charge < -0.3 is 28.6 Å². The van der Waals surface area contributed by atoms with E-state index in [0.717, 1.165) is 16.7 Å². The summed E-state index contributed by atoms with van der Waals surface area (Å²) in [6.07, 6.45) is -5.00. The normalized spacial score (nSPS) is 22.5. The molecule has 1 fully saturated rings. The molecule has 0 spiro atoms. The third kappa shape index (κ3) is 8.56. The van der Waals surface area contributed by atoms with Crippen LogP contribution in [0.4, 0.5) is 4.39 Å². The Balaban J connectivity index is 1.57. The van der Waals surface area contributed by atoms with Crippen LogP contribution in [0.5, 0.6) is 0 Å². The number of hydrogen-bond donors (Lipinski definition) is 0. The smallest absolute Gasteiger partial charge is 0.259 e. The van der Waals surface area contributed by atoms with Crippen molar-refractivity contribution >= 4 is 17.4 Å². The second-order valence-electron chi connectivity index (χ2n) is 9.56. The fourth-order valence-electron chi connectivity index (χ4n) is 4.59. The van der Waals surface area contributed by atoms with Crippen LogP contribution in [-0.4, -0.2) is 60.5 Å². The molecule has 1 heterocycles. The SMILES string of the molecule is CCN(CC)C(=S)OC[C@H]1O[C@@H](F)[C@H](OCc2ccccc2)[C@@H](OCc2ccccc2)[C@@H]1OCc1ccccc1. The van der Waals surface area contributed by atoms with Gasteiger partial charge in [-0.3, -0.25) is 0 Å². The summed E-state index contributed by atoms with van der Waals surface area (Å²) in [5.41, 5.74) is 2.86. The molecule has 6 nitrogen and oxygen atoms in total. The first-order valence-corrected chi connectivity index (χ1v) is 14.2. The molecule has 5 atom stereocenters. The Morgan fingerprint density at radius 2 is 1.12 bits per heavy atom. The van der Waals surface area contributed by atoms with Crippen LogP contribution in [0.1, 0.15) is 30.5 Å². The van der Waals surface area contributed by atoms with Crippen LogP contribution in [0.25, 0.3) is 0 Å². The molecule has 3 aromatic rings. The third-order valence-electron chi connectivity index (χ3n) is 6.83. The van der Waals surface area contributed by atoms with Gasteiger partial charge in [-0.1, -0.05) is 91.0 Å². The summed E-state index contributed by atoms with van der Waals surface area (Å²) in [7, 11) is 0. The second kappa shape index (κ2) is 15.8. The molecule has 8 heteroatoms. The van der Waals surface area contributed by atoms with E-state index in [1.165, 1.54) is 0 Å². The highest BCUT2D eigenvalue weighted by atomic mass is 32.1. The van der Waals surface area contributed by atoms with E-state index >= 15 is 4.39 Å². The average molecular weight is 568 g/mol. The molecule has 0 aromatic heterocycles. The van der Waals surface area contributed by atoms with Crippen LogP contribution in [0.15, 0.2) is 91.0 Å². The standard InChI is InChI=1S/C32H38FNO5S/c1-3-34(4-2)32(40)38-23-27-28(35-20-24-14-8-5-9-15-24)29(36-21-25-16-10-6-11-17-25)30(31(33)39-27)37-22-26-18-12-7-13-19-26/h5-19,27-31H,3-4,20-23H2,1-2H3/t27-,28-,29+,30-,31-/m1/s1. The molecule has 0 saturated carbocycles. The van der Waals surface area contributed by atoms with Crippen molar-refractivity contribution in [3.05, 3.63) is 108 Å². The van der Waals surface area contributed by atoms with Gasteiger partial charge in [-0.2, -0.15) is 0 Å². The number of hydrogen-bond acceptors (Lipinski definition) is 6. The number of thiocarbonyl (C=S) groups is 1. The minimum absolute atomic E-state index is 0.0197. The highest BCUT2D eigenvalue weighted by molar-refractivity contribution is 7.80. The molecule has 214 valence electrons. The number of nitrogens with zero attached hydrogens (tertiary/aromatic N) is 1. The van der Waals surface area contributed by atoms with Crippen molar-refractivity contribution in [3.63, 3.8) is 0 Å². The van der Waals surface area contributed by atoms with Crippen LogP contribution < -0.4 is 0 Å². The first kappa shape index (κ1) is 30.1. The van der Waals surface area contributed by atoms with E-state index in [2.05, 4.69) is 0 Å². The van der Waals surface area contributed by atoms with Gasteiger partial charge in [0, 0.05) is 13.1 Å². The Labute approximate surface area is 242 Å². The summed E-state index contributed by atoms with van der Waals surface area (Å²) in [6, 6.07) is 29.2. The molecule has 0 radical (unpaired) electrons. The van der Waals surface area contributed by atoms with E-state index in [9.17, 15) is 0 Å². The average Bonchev–Trinajstić information content (AvgIpc) is 3.00. The van der Waals surface area contributed by atoms with Gasteiger partial charge >= 0.3 is 0 Å². The molecule has 0 unspecified atom stereocenters. The number of halogens is 1. The zero-order valence-corrected chi connectivity index (χ0v) is 23.9. The van der Waals surface area contributed by atoms with Crippen LogP contribution in [0, 0.1) is 0 Å². The molecule has 0 N–H and O–H groups in total. The summed E-state index contributed by atoms with van der Waals surface area (Å²) in [6.45, 7) is 6.20. The Hall–Kier alpha value is -2.88.